The lowest BCUT2D eigenvalue weighted by molar-refractivity contribution is -0.128. The fourth-order valence-electron chi connectivity index (χ4n) is 2.99. The van der Waals surface area contributed by atoms with Crippen molar-refractivity contribution >= 4 is 33.2 Å². The first-order valence-electron chi connectivity index (χ1n) is 9.51. The molecule has 0 aliphatic heterocycles. The number of hydrogen-bond acceptors (Lipinski definition) is 3. The van der Waals surface area contributed by atoms with E-state index in [0.29, 0.717) is 5.02 Å². The lowest BCUT2D eigenvalue weighted by atomic mass is 10.2. The number of amides is 1. The van der Waals surface area contributed by atoms with Gasteiger partial charge in [-0.3, -0.25) is 9.10 Å². The molecular weight excluding hydrogens is 439 g/mol. The van der Waals surface area contributed by atoms with Crippen LogP contribution in [0.3, 0.4) is 0 Å². The van der Waals surface area contributed by atoms with Gasteiger partial charge in [-0.1, -0.05) is 53.6 Å². The first-order chi connectivity index (χ1) is 14.7. The number of aryl methyl sites for hydroxylation is 1. The number of hydrogen-bond donors (Lipinski definition) is 0. The van der Waals surface area contributed by atoms with Gasteiger partial charge in [0.05, 0.1) is 10.6 Å². The molecule has 3 aromatic rings. The second-order valence-corrected chi connectivity index (χ2v) is 9.45. The Kier molecular flexibility index (Phi) is 6.97. The fraction of sp³-hybridized carbons (Fsp3) is 0.174. The maximum absolute atomic E-state index is 14.5. The highest BCUT2D eigenvalue weighted by Gasteiger charge is 2.30. The summed E-state index contributed by atoms with van der Waals surface area (Å²) in [5, 5.41) is 0.577. The van der Waals surface area contributed by atoms with Gasteiger partial charge in [0.15, 0.2) is 0 Å². The lowest BCUT2D eigenvalue weighted by Crippen LogP contribution is -2.41. The van der Waals surface area contributed by atoms with Crippen LogP contribution in [0.15, 0.2) is 77.7 Å². The van der Waals surface area contributed by atoms with Crippen LogP contribution in [0.5, 0.6) is 0 Å². The van der Waals surface area contributed by atoms with E-state index in [1.807, 2.05) is 6.92 Å². The molecule has 0 unspecified atom stereocenters. The van der Waals surface area contributed by atoms with Gasteiger partial charge in [0, 0.05) is 18.6 Å². The summed E-state index contributed by atoms with van der Waals surface area (Å²) in [5.74, 6) is -1.21. The van der Waals surface area contributed by atoms with Gasteiger partial charge in [-0.25, -0.2) is 12.8 Å². The van der Waals surface area contributed by atoms with E-state index in [4.69, 9.17) is 11.6 Å². The molecule has 5 nitrogen and oxygen atoms in total. The minimum Gasteiger partial charge on any atom is -0.340 e. The van der Waals surface area contributed by atoms with Gasteiger partial charge in [-0.2, -0.15) is 0 Å². The van der Waals surface area contributed by atoms with Crippen LogP contribution in [-0.2, 0) is 21.4 Å². The molecule has 0 aromatic heterocycles. The monoisotopic (exact) mass is 460 g/mol. The van der Waals surface area contributed by atoms with E-state index in [2.05, 4.69) is 0 Å². The molecule has 8 heteroatoms. The minimum absolute atomic E-state index is 0.0190. The first-order valence-corrected chi connectivity index (χ1v) is 11.3. The molecular formula is C23H22ClFN2O3S. The van der Waals surface area contributed by atoms with E-state index in [1.165, 1.54) is 35.2 Å². The second kappa shape index (κ2) is 9.49. The molecule has 0 radical (unpaired) electrons. The van der Waals surface area contributed by atoms with Crippen LogP contribution >= 0.6 is 11.6 Å². The number of halogens is 2. The maximum atomic E-state index is 14.5. The van der Waals surface area contributed by atoms with Crippen molar-refractivity contribution in [2.24, 2.45) is 0 Å². The van der Waals surface area contributed by atoms with E-state index in [1.54, 1.807) is 43.4 Å². The number of likely N-dealkylation sites (N-methyl/N-ethyl adjacent to an activating group) is 1. The number of rotatable bonds is 7. The first kappa shape index (κ1) is 22.8. The highest BCUT2D eigenvalue weighted by Crippen LogP contribution is 2.26. The van der Waals surface area contributed by atoms with E-state index >= 15 is 0 Å². The Morgan fingerprint density at radius 1 is 0.968 bits per heavy atom. The lowest BCUT2D eigenvalue weighted by Gasteiger charge is -2.27. The summed E-state index contributed by atoms with van der Waals surface area (Å²) in [5.41, 5.74) is 1.53. The van der Waals surface area contributed by atoms with Crippen LogP contribution in [0, 0.1) is 12.7 Å². The summed E-state index contributed by atoms with van der Waals surface area (Å²) in [6.07, 6.45) is 0. The summed E-state index contributed by atoms with van der Waals surface area (Å²) in [7, 11) is -2.61. The summed E-state index contributed by atoms with van der Waals surface area (Å²) in [4.78, 5) is 14.3. The van der Waals surface area contributed by atoms with Crippen LogP contribution in [0.4, 0.5) is 10.1 Å². The summed E-state index contributed by atoms with van der Waals surface area (Å²) in [6, 6.07) is 18.7. The zero-order valence-electron chi connectivity index (χ0n) is 17.1. The molecule has 0 bridgehead atoms. The Hall–Kier alpha value is -2.90. The maximum Gasteiger partial charge on any atom is 0.264 e. The van der Waals surface area contributed by atoms with E-state index < -0.39 is 28.3 Å². The van der Waals surface area contributed by atoms with Crippen molar-refractivity contribution in [3.05, 3.63) is 94.8 Å². The Balaban J connectivity index is 1.91. The van der Waals surface area contributed by atoms with Crippen LogP contribution in [-0.4, -0.2) is 32.8 Å². The molecule has 0 N–H and O–H groups in total. The molecule has 0 fully saturated rings. The molecule has 0 spiro atoms. The summed E-state index contributed by atoms with van der Waals surface area (Å²) < 4.78 is 42.0. The zero-order chi connectivity index (χ0) is 22.6. The van der Waals surface area contributed by atoms with Gasteiger partial charge >= 0.3 is 0 Å². The Bertz CT molecular complexity index is 1170. The van der Waals surface area contributed by atoms with Gasteiger partial charge in [0.1, 0.15) is 12.4 Å². The van der Waals surface area contributed by atoms with Crippen LogP contribution in [0.25, 0.3) is 0 Å². The molecule has 0 heterocycles. The van der Waals surface area contributed by atoms with Crippen molar-refractivity contribution < 1.29 is 17.6 Å². The summed E-state index contributed by atoms with van der Waals surface area (Å²) in [6.45, 7) is 1.55. The van der Waals surface area contributed by atoms with E-state index in [-0.39, 0.29) is 17.1 Å². The van der Waals surface area contributed by atoms with Gasteiger partial charge in [-0.05, 0) is 48.9 Å². The van der Waals surface area contributed by atoms with Crippen molar-refractivity contribution in [3.8, 4) is 0 Å². The van der Waals surface area contributed by atoms with E-state index in [0.717, 1.165) is 21.5 Å². The average molecular weight is 461 g/mol. The Morgan fingerprint density at radius 2 is 1.58 bits per heavy atom. The fourth-order valence-corrected chi connectivity index (χ4v) is 4.53. The molecule has 0 saturated carbocycles. The quantitative estimate of drug-likeness (QED) is 0.516. The highest BCUT2D eigenvalue weighted by molar-refractivity contribution is 7.92. The number of para-hydroxylation sites is 1. The topological polar surface area (TPSA) is 57.7 Å². The third-order valence-corrected chi connectivity index (χ3v) is 6.79. The van der Waals surface area contributed by atoms with Crippen molar-refractivity contribution in [2.75, 3.05) is 17.9 Å². The standard InChI is InChI=1S/C23H22ClFN2O3S/c1-17-7-13-20(14-8-17)31(29,30)27(22-6-4-3-5-21(22)25)16-23(28)26(2)15-18-9-11-19(24)12-10-18/h3-14H,15-16H2,1-2H3. The zero-order valence-corrected chi connectivity index (χ0v) is 18.7. The smallest absolute Gasteiger partial charge is 0.264 e. The number of benzene rings is 3. The second-order valence-electron chi connectivity index (χ2n) is 7.15. The Morgan fingerprint density at radius 3 is 2.19 bits per heavy atom. The van der Waals surface area contributed by atoms with Crippen molar-refractivity contribution in [1.82, 2.24) is 4.90 Å². The molecule has 3 aromatic carbocycles. The third-order valence-electron chi connectivity index (χ3n) is 4.77. The van der Waals surface area contributed by atoms with Gasteiger partial charge in [0.25, 0.3) is 10.0 Å². The number of carbonyl (C=O) groups is 1. The largest absolute Gasteiger partial charge is 0.340 e. The molecule has 3 rings (SSSR count). The molecule has 0 aliphatic carbocycles. The molecule has 0 atom stereocenters. The molecule has 162 valence electrons. The normalized spacial score (nSPS) is 11.2. The SMILES string of the molecule is Cc1ccc(S(=O)(=O)N(CC(=O)N(C)Cc2ccc(Cl)cc2)c2ccccc2F)cc1. The molecule has 1 amide bonds. The number of anilines is 1. The average Bonchev–Trinajstić information content (AvgIpc) is 2.74. The number of sulfonamides is 1. The van der Waals surface area contributed by atoms with Crippen LogP contribution in [0.2, 0.25) is 5.02 Å². The molecule has 0 saturated heterocycles. The van der Waals surface area contributed by atoms with Gasteiger partial charge in [0.2, 0.25) is 5.91 Å². The van der Waals surface area contributed by atoms with Crippen LogP contribution < -0.4 is 4.31 Å². The third kappa shape index (κ3) is 5.42. The van der Waals surface area contributed by atoms with Gasteiger partial charge in [-0.15, -0.1) is 0 Å². The van der Waals surface area contributed by atoms with Gasteiger partial charge < -0.3 is 4.90 Å². The molecule has 0 aliphatic rings. The predicted molar refractivity (Wildman–Crippen MR) is 120 cm³/mol. The minimum atomic E-state index is -4.17. The van der Waals surface area contributed by atoms with Crippen molar-refractivity contribution in [1.29, 1.82) is 0 Å². The van der Waals surface area contributed by atoms with Crippen molar-refractivity contribution in [3.63, 3.8) is 0 Å². The van der Waals surface area contributed by atoms with Crippen LogP contribution in [0.1, 0.15) is 11.1 Å². The number of carbonyl (C=O) groups excluding carboxylic acids is 1. The highest BCUT2D eigenvalue weighted by atomic mass is 35.5. The Labute approximate surface area is 186 Å². The summed E-state index contributed by atoms with van der Waals surface area (Å²) >= 11 is 5.89. The predicted octanol–water partition coefficient (Wildman–Crippen LogP) is 4.64. The van der Waals surface area contributed by atoms with E-state index in [9.17, 15) is 17.6 Å². The number of nitrogens with zero attached hydrogens (tertiary/aromatic N) is 2. The van der Waals surface area contributed by atoms with Crippen molar-refractivity contribution in [2.45, 2.75) is 18.4 Å². The molecule has 31 heavy (non-hydrogen) atoms.